The zero-order chi connectivity index (χ0) is 13.0. The molecule has 1 aromatic rings. The fourth-order valence-electron chi connectivity index (χ4n) is 1.19. The number of urea groups is 1. The summed E-state index contributed by atoms with van der Waals surface area (Å²) in [6.07, 6.45) is 0. The SMILES string of the molecule is CN(C)C(=O)NCc1ccc(C(=N)N)cc1F. The third-order valence-corrected chi connectivity index (χ3v) is 2.20. The summed E-state index contributed by atoms with van der Waals surface area (Å²) in [5.74, 6) is -0.676. The molecule has 0 atom stereocenters. The molecule has 92 valence electrons. The van der Waals surface area contributed by atoms with Crippen molar-refractivity contribution in [2.75, 3.05) is 14.1 Å². The van der Waals surface area contributed by atoms with E-state index in [9.17, 15) is 9.18 Å². The Kier molecular flexibility index (Phi) is 4.03. The van der Waals surface area contributed by atoms with Gasteiger partial charge in [-0.05, 0) is 6.07 Å². The van der Waals surface area contributed by atoms with E-state index < -0.39 is 5.82 Å². The van der Waals surface area contributed by atoms with E-state index in [1.54, 1.807) is 20.2 Å². The normalized spacial score (nSPS) is 9.82. The number of halogens is 1. The highest BCUT2D eigenvalue weighted by molar-refractivity contribution is 5.94. The first-order chi connectivity index (χ1) is 7.91. The van der Waals surface area contributed by atoms with Crippen molar-refractivity contribution >= 4 is 11.9 Å². The Morgan fingerprint density at radius 3 is 2.65 bits per heavy atom. The molecule has 0 aliphatic heterocycles. The largest absolute Gasteiger partial charge is 0.384 e. The number of benzene rings is 1. The van der Waals surface area contributed by atoms with Crippen molar-refractivity contribution in [2.45, 2.75) is 6.54 Å². The minimum absolute atomic E-state index is 0.0982. The molecule has 0 spiro atoms. The van der Waals surface area contributed by atoms with Gasteiger partial charge in [-0.3, -0.25) is 5.41 Å². The van der Waals surface area contributed by atoms with Gasteiger partial charge >= 0.3 is 6.03 Å². The van der Waals surface area contributed by atoms with Gasteiger partial charge in [-0.1, -0.05) is 12.1 Å². The summed E-state index contributed by atoms with van der Waals surface area (Å²) < 4.78 is 13.5. The van der Waals surface area contributed by atoms with Crippen LogP contribution in [-0.4, -0.2) is 30.9 Å². The second-order valence-corrected chi connectivity index (χ2v) is 3.77. The highest BCUT2D eigenvalue weighted by Crippen LogP contribution is 2.10. The number of carbonyl (C=O) groups excluding carboxylic acids is 1. The Morgan fingerprint density at radius 1 is 1.53 bits per heavy atom. The molecule has 0 unspecified atom stereocenters. The highest BCUT2D eigenvalue weighted by Gasteiger charge is 2.07. The molecule has 0 aliphatic rings. The monoisotopic (exact) mass is 238 g/mol. The Bertz CT molecular complexity index is 445. The summed E-state index contributed by atoms with van der Waals surface area (Å²) in [4.78, 5) is 12.6. The molecular weight excluding hydrogens is 223 g/mol. The van der Waals surface area contributed by atoms with Crippen molar-refractivity contribution in [3.8, 4) is 0 Å². The fourth-order valence-corrected chi connectivity index (χ4v) is 1.19. The maximum absolute atomic E-state index is 13.5. The number of amides is 2. The molecule has 0 bridgehead atoms. The van der Waals surface area contributed by atoms with Gasteiger partial charge in [0, 0.05) is 31.8 Å². The van der Waals surface area contributed by atoms with Crippen molar-refractivity contribution in [1.82, 2.24) is 10.2 Å². The van der Waals surface area contributed by atoms with Crippen LogP contribution in [-0.2, 0) is 6.54 Å². The number of hydrogen-bond donors (Lipinski definition) is 3. The van der Waals surface area contributed by atoms with Crippen molar-refractivity contribution in [1.29, 1.82) is 5.41 Å². The Balaban J connectivity index is 2.73. The van der Waals surface area contributed by atoms with Crippen LogP contribution < -0.4 is 11.1 Å². The van der Waals surface area contributed by atoms with Gasteiger partial charge in [0.2, 0.25) is 0 Å². The molecule has 0 heterocycles. The van der Waals surface area contributed by atoms with Gasteiger partial charge in [-0.2, -0.15) is 0 Å². The molecule has 0 aromatic heterocycles. The second-order valence-electron chi connectivity index (χ2n) is 3.77. The van der Waals surface area contributed by atoms with Crippen molar-refractivity contribution < 1.29 is 9.18 Å². The minimum Gasteiger partial charge on any atom is -0.384 e. The molecule has 4 N–H and O–H groups in total. The molecule has 0 fully saturated rings. The van der Waals surface area contributed by atoms with Crippen LogP contribution in [0.5, 0.6) is 0 Å². The Labute approximate surface area is 98.9 Å². The average molecular weight is 238 g/mol. The molecule has 0 radical (unpaired) electrons. The van der Waals surface area contributed by atoms with E-state index in [0.29, 0.717) is 11.1 Å². The summed E-state index contributed by atoms with van der Waals surface area (Å²) in [5.41, 5.74) is 5.91. The third kappa shape index (κ3) is 3.44. The van der Waals surface area contributed by atoms with Crippen LogP contribution in [0.3, 0.4) is 0 Å². The van der Waals surface area contributed by atoms with Crippen LogP contribution in [0.1, 0.15) is 11.1 Å². The molecule has 17 heavy (non-hydrogen) atoms. The summed E-state index contributed by atoms with van der Waals surface area (Å²) in [6, 6.07) is 3.93. The summed E-state index contributed by atoms with van der Waals surface area (Å²) in [7, 11) is 3.20. The number of carbonyl (C=O) groups is 1. The van der Waals surface area contributed by atoms with E-state index in [4.69, 9.17) is 11.1 Å². The van der Waals surface area contributed by atoms with E-state index in [-0.39, 0.29) is 18.4 Å². The first-order valence-electron chi connectivity index (χ1n) is 4.99. The van der Waals surface area contributed by atoms with E-state index >= 15 is 0 Å². The summed E-state index contributed by atoms with van der Waals surface area (Å²) >= 11 is 0. The van der Waals surface area contributed by atoms with Crippen LogP contribution in [0.4, 0.5) is 9.18 Å². The Hall–Kier alpha value is -2.11. The summed E-state index contributed by atoms with van der Waals surface area (Å²) in [6.45, 7) is 0.0982. The van der Waals surface area contributed by atoms with Crippen LogP contribution in [0.2, 0.25) is 0 Å². The summed E-state index contributed by atoms with van der Waals surface area (Å²) in [5, 5.41) is 9.71. The van der Waals surface area contributed by atoms with Gasteiger partial charge < -0.3 is 16.0 Å². The molecule has 2 amide bonds. The smallest absolute Gasteiger partial charge is 0.317 e. The first kappa shape index (κ1) is 13.0. The minimum atomic E-state index is -0.489. The van der Waals surface area contributed by atoms with E-state index in [0.717, 1.165) is 0 Å². The lowest BCUT2D eigenvalue weighted by molar-refractivity contribution is 0.217. The number of nitrogen functional groups attached to an aromatic ring is 1. The standard InChI is InChI=1S/C11H15FN4O/c1-16(2)11(17)15-6-8-4-3-7(10(13)14)5-9(8)12/h3-5H,6H2,1-2H3,(H3,13,14)(H,15,17). The molecule has 0 aliphatic carbocycles. The average Bonchev–Trinajstić information content (AvgIpc) is 2.26. The molecule has 1 aromatic carbocycles. The topological polar surface area (TPSA) is 82.2 Å². The molecule has 5 nitrogen and oxygen atoms in total. The van der Waals surface area contributed by atoms with Gasteiger partial charge in [0.05, 0.1) is 0 Å². The van der Waals surface area contributed by atoms with Crippen molar-refractivity contribution in [3.05, 3.63) is 35.1 Å². The number of nitrogens with two attached hydrogens (primary N) is 1. The maximum atomic E-state index is 13.5. The zero-order valence-corrected chi connectivity index (χ0v) is 9.75. The predicted octanol–water partition coefficient (Wildman–Crippen LogP) is 0.881. The van der Waals surface area contributed by atoms with Gasteiger partial charge in [0.1, 0.15) is 11.7 Å². The lowest BCUT2D eigenvalue weighted by Gasteiger charge is -2.12. The molecular formula is C11H15FN4O. The highest BCUT2D eigenvalue weighted by atomic mass is 19.1. The van der Waals surface area contributed by atoms with Gasteiger partial charge in [0.15, 0.2) is 0 Å². The second kappa shape index (κ2) is 5.29. The van der Waals surface area contributed by atoms with Crippen molar-refractivity contribution in [2.24, 2.45) is 5.73 Å². The lowest BCUT2D eigenvalue weighted by Crippen LogP contribution is -2.34. The quantitative estimate of drug-likeness (QED) is 0.539. The fraction of sp³-hybridized carbons (Fsp3) is 0.273. The van der Waals surface area contributed by atoms with Gasteiger partial charge in [-0.25, -0.2) is 9.18 Å². The van der Waals surface area contributed by atoms with Gasteiger partial charge in [-0.15, -0.1) is 0 Å². The predicted molar refractivity (Wildman–Crippen MR) is 63.3 cm³/mol. The first-order valence-corrected chi connectivity index (χ1v) is 4.99. The molecule has 0 saturated heterocycles. The number of hydrogen-bond acceptors (Lipinski definition) is 2. The molecule has 6 heteroatoms. The van der Waals surface area contributed by atoms with Gasteiger partial charge in [0.25, 0.3) is 0 Å². The number of nitrogens with one attached hydrogen (secondary N) is 2. The molecule has 1 rings (SSSR count). The van der Waals surface area contributed by atoms with E-state index in [1.807, 2.05) is 0 Å². The number of nitrogens with zero attached hydrogens (tertiary/aromatic N) is 1. The maximum Gasteiger partial charge on any atom is 0.317 e. The third-order valence-electron chi connectivity index (χ3n) is 2.20. The van der Waals surface area contributed by atoms with E-state index in [2.05, 4.69) is 5.32 Å². The van der Waals surface area contributed by atoms with Crippen LogP contribution in [0.25, 0.3) is 0 Å². The van der Waals surface area contributed by atoms with Crippen LogP contribution >= 0.6 is 0 Å². The Morgan fingerprint density at radius 2 is 2.18 bits per heavy atom. The molecule has 0 saturated carbocycles. The number of rotatable bonds is 3. The van der Waals surface area contributed by atoms with Crippen LogP contribution in [0, 0.1) is 11.2 Å². The van der Waals surface area contributed by atoms with Crippen LogP contribution in [0.15, 0.2) is 18.2 Å². The number of amidine groups is 1. The lowest BCUT2D eigenvalue weighted by atomic mass is 10.1. The zero-order valence-electron chi connectivity index (χ0n) is 9.75. The van der Waals surface area contributed by atoms with E-state index in [1.165, 1.54) is 17.0 Å². The van der Waals surface area contributed by atoms with Crippen molar-refractivity contribution in [3.63, 3.8) is 0 Å².